The van der Waals surface area contributed by atoms with Gasteiger partial charge in [-0.2, -0.15) is 0 Å². The molecule has 3 saturated carbocycles. The Morgan fingerprint density at radius 2 is 1.64 bits per heavy atom. The Balaban J connectivity index is 1.43. The van der Waals surface area contributed by atoms with Crippen molar-refractivity contribution in [3.63, 3.8) is 0 Å². The van der Waals surface area contributed by atoms with Crippen molar-refractivity contribution in [3.8, 4) is 0 Å². The summed E-state index contributed by atoms with van der Waals surface area (Å²) in [5.74, 6) is -1.44. The van der Waals surface area contributed by atoms with Gasteiger partial charge in [-0.1, -0.05) is 52.9 Å². The number of hydrogen-bond acceptors (Lipinski definition) is 7. The molecule has 0 bridgehead atoms. The second kappa shape index (κ2) is 13.7. The Labute approximate surface area is 251 Å². The third kappa shape index (κ3) is 8.96. The van der Waals surface area contributed by atoms with Crippen LogP contribution in [0.1, 0.15) is 97.8 Å². The number of amides is 4. The number of nitrogens with one attached hydrogen (secondary N) is 4. The summed E-state index contributed by atoms with van der Waals surface area (Å²) in [6.45, 7) is 6.07. The fraction of sp³-hybridized carbons (Fsp3) is 0.862. The lowest BCUT2D eigenvalue weighted by Crippen LogP contribution is -2.64. The van der Waals surface area contributed by atoms with Crippen LogP contribution in [0.25, 0.3) is 0 Å². The fourth-order valence-electron chi connectivity index (χ4n) is 6.33. The third-order valence-electron chi connectivity index (χ3n) is 9.08. The predicted octanol–water partition coefficient (Wildman–Crippen LogP) is 1.54. The number of urea groups is 1. The monoisotopic (exact) mass is 611 g/mol. The molecule has 12 nitrogen and oxygen atoms in total. The summed E-state index contributed by atoms with van der Waals surface area (Å²) in [6.07, 6.45) is 7.87. The summed E-state index contributed by atoms with van der Waals surface area (Å²) in [4.78, 5) is 53.9. The largest absolute Gasteiger partial charge is 0.376 e. The van der Waals surface area contributed by atoms with E-state index in [0.29, 0.717) is 44.6 Å². The molecule has 3 unspecified atom stereocenters. The van der Waals surface area contributed by atoms with Crippen molar-refractivity contribution in [2.24, 2.45) is 11.3 Å². The van der Waals surface area contributed by atoms with Crippen molar-refractivity contribution >= 4 is 34.7 Å². The van der Waals surface area contributed by atoms with E-state index in [9.17, 15) is 33.0 Å². The Hall–Kier alpha value is -2.09. The van der Waals surface area contributed by atoms with Crippen LogP contribution in [0.3, 0.4) is 0 Å². The first kappa shape index (κ1) is 32.8. The molecule has 1 heterocycles. The molecule has 6 N–H and O–H groups in total. The number of hydrogen-bond donors (Lipinski definition) is 6. The Morgan fingerprint density at radius 1 is 0.976 bits per heavy atom. The topological polar surface area (TPSA) is 177 Å². The third-order valence-corrected chi connectivity index (χ3v) is 9.88. The molecular weight excluding hydrogens is 562 g/mol. The predicted molar refractivity (Wildman–Crippen MR) is 158 cm³/mol. The standard InChI is InChI=1S/C29H49N5O7S/c1-28(2,3)23(32-27(39)33-29(17-42(40)41)13-5-4-6-14-29)26(38)34-15-7-8-21(34)24(36)31-20(16-18-9-10-18)22(35)25(37)30-19-11-12-19/h18-21,23,26,38H,4-17H2,1-3H3,(H,30,37)(H,31,36)(H,40,41)(H2,32,33,39)/t20?,21-,23+,26?/m0/s1. The molecule has 13 heteroatoms. The molecule has 42 heavy (non-hydrogen) atoms. The van der Waals surface area contributed by atoms with Crippen molar-refractivity contribution in [3.05, 3.63) is 0 Å². The van der Waals surface area contributed by atoms with Crippen LogP contribution >= 0.6 is 0 Å². The van der Waals surface area contributed by atoms with E-state index in [0.717, 1.165) is 44.9 Å². The van der Waals surface area contributed by atoms with Crippen LogP contribution in [0.4, 0.5) is 4.79 Å². The zero-order chi connectivity index (χ0) is 30.7. The summed E-state index contributed by atoms with van der Waals surface area (Å²) in [5.41, 5.74) is -1.40. The normalized spacial score (nSPS) is 25.5. The van der Waals surface area contributed by atoms with Crippen LogP contribution in [0.15, 0.2) is 0 Å². The number of carbonyl (C=O) groups is 4. The average molecular weight is 612 g/mol. The van der Waals surface area contributed by atoms with E-state index in [4.69, 9.17) is 0 Å². The number of Topliss-reactive ketones (excluding diaryl/α,β-unsaturated/α-hetero) is 1. The molecule has 4 amide bonds. The van der Waals surface area contributed by atoms with Gasteiger partial charge < -0.3 is 30.9 Å². The van der Waals surface area contributed by atoms with Crippen molar-refractivity contribution in [1.29, 1.82) is 0 Å². The molecule has 4 rings (SSSR count). The van der Waals surface area contributed by atoms with Gasteiger partial charge in [0.25, 0.3) is 5.91 Å². The zero-order valence-corrected chi connectivity index (χ0v) is 26.0. The summed E-state index contributed by atoms with van der Waals surface area (Å²) in [7, 11) is 0. The van der Waals surface area contributed by atoms with Gasteiger partial charge in [-0.3, -0.25) is 19.3 Å². The maximum atomic E-state index is 13.5. The highest BCUT2D eigenvalue weighted by Crippen LogP contribution is 2.34. The van der Waals surface area contributed by atoms with Crippen LogP contribution < -0.4 is 21.3 Å². The summed E-state index contributed by atoms with van der Waals surface area (Å²) >= 11 is -2.07. The van der Waals surface area contributed by atoms with Crippen LogP contribution in [0.2, 0.25) is 0 Å². The van der Waals surface area contributed by atoms with Gasteiger partial charge in [0.1, 0.15) is 6.23 Å². The first-order valence-electron chi connectivity index (χ1n) is 15.5. The van der Waals surface area contributed by atoms with E-state index >= 15 is 0 Å². The molecule has 1 aliphatic heterocycles. The van der Waals surface area contributed by atoms with E-state index in [1.54, 1.807) is 4.90 Å². The lowest BCUT2D eigenvalue weighted by molar-refractivity contribution is -0.141. The van der Waals surface area contributed by atoms with Crippen LogP contribution in [0, 0.1) is 11.3 Å². The van der Waals surface area contributed by atoms with Crippen molar-refractivity contribution in [1.82, 2.24) is 26.2 Å². The number of aliphatic hydroxyl groups is 1. The Bertz CT molecular complexity index is 1040. The van der Waals surface area contributed by atoms with Gasteiger partial charge in [0.2, 0.25) is 11.7 Å². The molecule has 0 aromatic rings. The lowest BCUT2D eigenvalue weighted by atomic mass is 9.83. The minimum Gasteiger partial charge on any atom is -0.376 e. The summed E-state index contributed by atoms with van der Waals surface area (Å²) in [6, 6.07) is -2.90. The van der Waals surface area contributed by atoms with Crippen LogP contribution in [-0.2, 0) is 25.5 Å². The number of aliphatic hydroxyl groups excluding tert-OH is 1. The second-order valence-electron chi connectivity index (χ2n) is 13.9. The van der Waals surface area contributed by atoms with Gasteiger partial charge in [0, 0.05) is 12.6 Å². The van der Waals surface area contributed by atoms with Crippen LogP contribution in [0.5, 0.6) is 0 Å². The van der Waals surface area contributed by atoms with E-state index in [2.05, 4.69) is 21.3 Å². The van der Waals surface area contributed by atoms with Crippen molar-refractivity contribution < 1.29 is 33.0 Å². The summed E-state index contributed by atoms with van der Waals surface area (Å²) < 4.78 is 21.3. The minimum absolute atomic E-state index is 0.0389. The van der Waals surface area contributed by atoms with Crippen molar-refractivity contribution in [2.75, 3.05) is 12.3 Å². The van der Waals surface area contributed by atoms with Crippen molar-refractivity contribution in [2.45, 2.75) is 134 Å². The maximum absolute atomic E-state index is 13.5. The smallest absolute Gasteiger partial charge is 0.315 e. The number of rotatable bonds is 13. The Morgan fingerprint density at radius 3 is 2.21 bits per heavy atom. The highest BCUT2D eigenvalue weighted by molar-refractivity contribution is 7.79. The van der Waals surface area contributed by atoms with E-state index in [1.807, 2.05) is 20.8 Å². The van der Waals surface area contributed by atoms with Gasteiger partial charge in [0.05, 0.1) is 29.4 Å². The molecule has 238 valence electrons. The first-order valence-corrected chi connectivity index (χ1v) is 16.8. The molecule has 3 aliphatic carbocycles. The van der Waals surface area contributed by atoms with E-state index < -0.39 is 70.0 Å². The molecule has 0 radical (unpaired) electrons. The van der Waals surface area contributed by atoms with E-state index in [-0.39, 0.29) is 11.8 Å². The Kier molecular flexibility index (Phi) is 10.7. The molecule has 0 aromatic carbocycles. The number of ketones is 1. The highest BCUT2D eigenvalue weighted by atomic mass is 32.2. The maximum Gasteiger partial charge on any atom is 0.315 e. The SMILES string of the molecule is CC(C)(C)[C@H](NC(=O)NC1(CS(=O)O)CCCCC1)C(O)N1CCC[C@H]1C(=O)NC(CC1CC1)C(=O)C(=O)NC1CC1. The highest BCUT2D eigenvalue weighted by Gasteiger charge is 2.45. The molecule has 0 spiro atoms. The van der Waals surface area contributed by atoms with Gasteiger partial charge >= 0.3 is 6.03 Å². The molecular formula is C29H49N5O7S. The molecule has 1 saturated heterocycles. The van der Waals surface area contributed by atoms with Gasteiger partial charge in [0.15, 0.2) is 11.1 Å². The van der Waals surface area contributed by atoms with Gasteiger partial charge in [-0.05, 0) is 56.3 Å². The lowest BCUT2D eigenvalue weighted by Gasteiger charge is -2.42. The van der Waals surface area contributed by atoms with Crippen LogP contribution in [-0.4, -0.2) is 90.6 Å². The number of carbonyl (C=O) groups excluding carboxylic acids is 4. The quantitative estimate of drug-likeness (QED) is 0.134. The summed E-state index contributed by atoms with van der Waals surface area (Å²) in [5, 5.41) is 23.0. The second-order valence-corrected chi connectivity index (χ2v) is 14.8. The molecule has 0 aromatic heterocycles. The zero-order valence-electron chi connectivity index (χ0n) is 25.2. The van der Waals surface area contributed by atoms with E-state index in [1.165, 1.54) is 0 Å². The van der Waals surface area contributed by atoms with Gasteiger partial charge in [-0.25, -0.2) is 9.00 Å². The average Bonchev–Trinajstić information content (AvgIpc) is 3.84. The number of nitrogens with zero attached hydrogens (tertiary/aromatic N) is 1. The van der Waals surface area contributed by atoms with Gasteiger partial charge in [-0.15, -0.1) is 0 Å². The molecule has 5 atom stereocenters. The number of likely N-dealkylation sites (tertiary alicyclic amines) is 1. The first-order chi connectivity index (χ1) is 19.8. The molecule has 4 aliphatic rings. The minimum atomic E-state index is -2.07. The molecule has 4 fully saturated rings. The fourth-order valence-corrected chi connectivity index (χ4v) is 7.17.